The second kappa shape index (κ2) is 25.3. The molecule has 0 radical (unpaired) electrons. The molecule has 0 aromatic heterocycles. The summed E-state index contributed by atoms with van der Waals surface area (Å²) in [6, 6.07) is 23.1. The van der Waals surface area contributed by atoms with E-state index in [-0.39, 0.29) is 41.7 Å². The van der Waals surface area contributed by atoms with Crippen LogP contribution in [0, 0.1) is 5.82 Å². The van der Waals surface area contributed by atoms with Crippen molar-refractivity contribution in [1.82, 2.24) is 10.6 Å². The van der Waals surface area contributed by atoms with E-state index in [4.69, 9.17) is 28.1 Å². The third-order valence-electron chi connectivity index (χ3n) is 8.23. The molecule has 0 bridgehead atoms. The summed E-state index contributed by atoms with van der Waals surface area (Å²) in [5, 5.41) is 13.7. The van der Waals surface area contributed by atoms with E-state index in [0.29, 0.717) is 23.4 Å². The van der Waals surface area contributed by atoms with Gasteiger partial charge in [0.1, 0.15) is 48.5 Å². The summed E-state index contributed by atoms with van der Waals surface area (Å²) in [5.41, 5.74) is 2.72. The van der Waals surface area contributed by atoms with Gasteiger partial charge in [0.25, 0.3) is 0 Å². The number of amides is 2. The lowest BCUT2D eigenvalue weighted by Gasteiger charge is -2.19. The Morgan fingerprint density at radius 1 is 0.672 bits per heavy atom. The summed E-state index contributed by atoms with van der Waals surface area (Å²) in [7, 11) is -5.86. The number of carbonyl (C=O) groups excluding carboxylic acids is 4. The van der Waals surface area contributed by atoms with Gasteiger partial charge in [-0.25, -0.2) is 23.0 Å². The van der Waals surface area contributed by atoms with E-state index in [0.717, 1.165) is 46.8 Å². The second-order valence-electron chi connectivity index (χ2n) is 12.8. The molecule has 0 heterocycles. The van der Waals surface area contributed by atoms with Gasteiger partial charge in [0.15, 0.2) is 11.2 Å². The maximum atomic E-state index is 14.0. The molecule has 64 heavy (non-hydrogen) atoms. The summed E-state index contributed by atoms with van der Waals surface area (Å²) < 4.78 is 122. The third kappa shape index (κ3) is 19.6. The number of ether oxygens (including phenoxy) is 3. The van der Waals surface area contributed by atoms with E-state index < -0.39 is 67.9 Å². The monoisotopic (exact) mass is 978 g/mol. The van der Waals surface area contributed by atoms with Crippen molar-refractivity contribution in [2.45, 2.75) is 41.9 Å². The second-order valence-corrected chi connectivity index (χ2v) is 17.2. The van der Waals surface area contributed by atoms with E-state index in [9.17, 15) is 53.6 Å². The van der Waals surface area contributed by atoms with E-state index in [1.54, 1.807) is 48.5 Å². The molecule has 4 aromatic rings. The van der Waals surface area contributed by atoms with Gasteiger partial charge in [0.2, 0.25) is 11.8 Å². The number of nitrogens with one attached hydrogen (secondary N) is 2. The van der Waals surface area contributed by atoms with Crippen molar-refractivity contribution in [3.63, 3.8) is 0 Å². The quantitative estimate of drug-likeness (QED) is 0.0598. The van der Waals surface area contributed by atoms with Crippen LogP contribution >= 0.6 is 23.5 Å². The molecule has 4 unspecified atom stereocenters. The summed E-state index contributed by atoms with van der Waals surface area (Å²) in [6.07, 6.45) is -6.98. The molecule has 348 valence electrons. The van der Waals surface area contributed by atoms with Gasteiger partial charge in [-0.1, -0.05) is 78.1 Å². The fraction of sp³-hybridized carbons (Fsp3) is 0.282. The van der Waals surface area contributed by atoms with E-state index >= 15 is 0 Å². The molecule has 4 rings (SSSR count). The van der Waals surface area contributed by atoms with Gasteiger partial charge in [-0.3, -0.25) is 19.2 Å². The molecule has 25 heteroatoms. The molecule has 0 fully saturated rings. The Bertz CT molecular complexity index is 2380. The number of rotatable bonds is 23. The number of hydrogen-bond acceptors (Lipinski definition) is 15. The zero-order chi connectivity index (χ0) is 47.5. The normalized spacial score (nSPS) is 13.4. The van der Waals surface area contributed by atoms with Gasteiger partial charge in [0, 0.05) is 19.7 Å². The number of nitrogens with two attached hydrogens (primary N) is 2. The van der Waals surface area contributed by atoms with Crippen LogP contribution in [0.2, 0.25) is 0 Å². The highest BCUT2D eigenvalue weighted by Gasteiger charge is 2.32. The van der Waals surface area contributed by atoms with Crippen molar-refractivity contribution >= 4 is 67.2 Å². The van der Waals surface area contributed by atoms with Crippen LogP contribution in [-0.4, -0.2) is 84.1 Å². The molecule has 6 N–H and O–H groups in total. The zero-order valence-corrected chi connectivity index (χ0v) is 36.9. The first-order valence-corrected chi connectivity index (χ1v) is 23.0. The maximum absolute atomic E-state index is 14.0. The molecule has 0 spiro atoms. The fourth-order valence-corrected chi connectivity index (χ4v) is 7.70. The topological polar surface area (TPSA) is 259 Å². The van der Waals surface area contributed by atoms with E-state index in [2.05, 4.69) is 15.4 Å². The van der Waals surface area contributed by atoms with Crippen LogP contribution in [0.15, 0.2) is 97.1 Å². The standard InChI is InChI=1S/C20H21F3N2O7S2.C19H21FN2O6S2/c1-25-19(27)18(33-12-26)9-13-5-7-15(8-6-13)30-11-17(32-34(24,28)29)14-3-2-4-16(10-14)31-20(21,22)23;1-22-19(24)18(29-12-23)10-13-6-8-14(9-7-13)27-11-17(28-30(21,25)26)15-4-2-3-5-16(15)20/h2-8,10,12,17-18H,9,11H2,1H3,(H,25,27)(H2,24,28,29);2-9,12,17-18H,10-11H2,1H3,(H,22,24)(H2,21,25,26). The predicted octanol–water partition coefficient (Wildman–Crippen LogP) is 4.25. The lowest BCUT2D eigenvalue weighted by Crippen LogP contribution is -2.31. The Labute approximate surface area is 374 Å². The smallest absolute Gasteiger partial charge is 0.490 e. The molecular formula is C39H42F4N4O13S4. The number of benzene rings is 4. The van der Waals surface area contributed by atoms with Crippen molar-refractivity contribution in [1.29, 1.82) is 0 Å². The van der Waals surface area contributed by atoms with Gasteiger partial charge in [-0.05, 0) is 72.0 Å². The van der Waals surface area contributed by atoms with Crippen LogP contribution in [0.4, 0.5) is 17.6 Å². The largest absolute Gasteiger partial charge is 0.573 e. The molecule has 0 aliphatic rings. The number of alkyl halides is 3. The average molecular weight is 979 g/mol. The maximum Gasteiger partial charge on any atom is 0.573 e. The average Bonchev–Trinajstić information content (AvgIpc) is 3.23. The highest BCUT2D eigenvalue weighted by molar-refractivity contribution is 8.13. The SMILES string of the molecule is CNC(=O)C(Cc1ccc(OCC(OS(N)(=O)=O)c2cccc(OC(F)(F)F)c2)cc1)SC=O.CNC(=O)C(Cc1ccc(OCC(OS(N)(=O)=O)c2ccccc2F)cc1)SC=O. The molecule has 17 nitrogen and oxygen atoms in total. The van der Waals surface area contributed by atoms with Crippen LogP contribution in [-0.2, 0) is 61.0 Å². The molecular weight excluding hydrogens is 937 g/mol. The highest BCUT2D eigenvalue weighted by Crippen LogP contribution is 2.29. The molecule has 0 saturated carbocycles. The minimum atomic E-state index is -4.94. The molecule has 0 aliphatic carbocycles. The lowest BCUT2D eigenvalue weighted by molar-refractivity contribution is -0.274. The van der Waals surface area contributed by atoms with Gasteiger partial charge < -0.3 is 24.8 Å². The van der Waals surface area contributed by atoms with Gasteiger partial charge in [0.05, 0.1) is 10.5 Å². The summed E-state index contributed by atoms with van der Waals surface area (Å²) in [4.78, 5) is 45.2. The fourth-order valence-electron chi connectivity index (χ4n) is 5.40. The number of carbonyl (C=O) groups is 4. The number of hydrogen-bond donors (Lipinski definition) is 4. The molecule has 4 aromatic carbocycles. The van der Waals surface area contributed by atoms with Crippen LogP contribution in [0.1, 0.15) is 34.5 Å². The Hall–Kier alpha value is -5.28. The van der Waals surface area contributed by atoms with Crippen LogP contribution in [0.25, 0.3) is 0 Å². The Balaban J connectivity index is 0.000000343. The Morgan fingerprint density at radius 2 is 1.12 bits per heavy atom. The van der Waals surface area contributed by atoms with E-state index in [1.807, 2.05) is 0 Å². The molecule has 0 saturated heterocycles. The Kier molecular flexibility index (Phi) is 21.0. The van der Waals surface area contributed by atoms with Crippen molar-refractivity contribution < 1.29 is 76.2 Å². The van der Waals surface area contributed by atoms with Crippen molar-refractivity contribution in [2.24, 2.45) is 10.3 Å². The molecule has 2 amide bonds. The number of thioether (sulfide) groups is 2. The van der Waals surface area contributed by atoms with Crippen LogP contribution in [0.3, 0.4) is 0 Å². The summed E-state index contributed by atoms with van der Waals surface area (Å²) >= 11 is 1.72. The van der Waals surface area contributed by atoms with Gasteiger partial charge in [-0.2, -0.15) is 16.8 Å². The van der Waals surface area contributed by atoms with Gasteiger partial charge in [-0.15, -0.1) is 13.2 Å². The number of halogens is 4. The van der Waals surface area contributed by atoms with Crippen LogP contribution < -0.4 is 35.1 Å². The molecule has 0 aliphatic heterocycles. The first-order chi connectivity index (χ1) is 30.1. The van der Waals surface area contributed by atoms with Crippen molar-refractivity contribution in [2.75, 3.05) is 27.3 Å². The third-order valence-corrected chi connectivity index (χ3v) is 10.9. The highest BCUT2D eigenvalue weighted by atomic mass is 32.2. The van der Waals surface area contributed by atoms with Crippen LogP contribution in [0.5, 0.6) is 17.2 Å². The predicted molar refractivity (Wildman–Crippen MR) is 229 cm³/mol. The Morgan fingerprint density at radius 3 is 1.55 bits per heavy atom. The zero-order valence-electron chi connectivity index (χ0n) is 33.6. The van der Waals surface area contributed by atoms with Crippen molar-refractivity contribution in [3.05, 3.63) is 125 Å². The van der Waals surface area contributed by atoms with E-state index in [1.165, 1.54) is 50.5 Å². The van der Waals surface area contributed by atoms with Crippen molar-refractivity contribution in [3.8, 4) is 17.2 Å². The van der Waals surface area contributed by atoms with Gasteiger partial charge >= 0.3 is 27.0 Å². The minimum Gasteiger partial charge on any atom is -0.490 e. The lowest BCUT2D eigenvalue weighted by atomic mass is 10.1. The first-order valence-electron chi connectivity index (χ1n) is 18.2. The molecule has 4 atom stereocenters. The first kappa shape index (κ1) is 53.1. The summed E-state index contributed by atoms with van der Waals surface area (Å²) in [6.45, 7) is -0.717. The summed E-state index contributed by atoms with van der Waals surface area (Å²) in [5.74, 6) is -1.14. The minimum absolute atomic E-state index is 0.0116.